The zero-order valence-corrected chi connectivity index (χ0v) is 17.0. The maximum absolute atomic E-state index is 6.02. The first-order valence-corrected chi connectivity index (χ1v) is 9.80. The van der Waals surface area contributed by atoms with Gasteiger partial charge < -0.3 is 15.8 Å². The lowest BCUT2D eigenvalue weighted by Gasteiger charge is -2.05. The van der Waals surface area contributed by atoms with Crippen molar-refractivity contribution in [1.82, 2.24) is 19.7 Å². The van der Waals surface area contributed by atoms with E-state index >= 15 is 0 Å². The predicted octanol–water partition coefficient (Wildman–Crippen LogP) is 4.08. The van der Waals surface area contributed by atoms with Gasteiger partial charge in [0, 0.05) is 35.8 Å². The molecular weight excluding hydrogens is 376 g/mol. The van der Waals surface area contributed by atoms with Gasteiger partial charge in [-0.25, -0.2) is 9.97 Å². The standard InChI is InChI=1S/C23H24N6O/c1-3-25-23-26-12-11-21(27-23)20-15-29(14-16-7-9-19(30-2)10-8-16)28-22(20)17-5-4-6-18(24)13-17/h4-13,15H,3,14,24H2,1-2H3,(H,25,26,27). The summed E-state index contributed by atoms with van der Waals surface area (Å²) in [6, 6.07) is 17.6. The topological polar surface area (TPSA) is 90.9 Å². The number of nitrogens with one attached hydrogen (secondary N) is 1. The molecule has 0 amide bonds. The maximum atomic E-state index is 6.02. The second-order valence-electron chi connectivity index (χ2n) is 6.86. The number of aromatic nitrogens is 4. The molecule has 2 aromatic heterocycles. The minimum atomic E-state index is 0.594. The summed E-state index contributed by atoms with van der Waals surface area (Å²) in [5.74, 6) is 1.42. The first kappa shape index (κ1) is 19.4. The molecule has 0 radical (unpaired) electrons. The Hall–Kier alpha value is -3.87. The molecule has 0 unspecified atom stereocenters. The van der Waals surface area contributed by atoms with E-state index in [0.717, 1.165) is 40.4 Å². The quantitative estimate of drug-likeness (QED) is 0.454. The number of rotatable bonds is 7. The first-order valence-electron chi connectivity index (χ1n) is 9.80. The van der Waals surface area contributed by atoms with Crippen molar-refractivity contribution in [3.63, 3.8) is 0 Å². The maximum Gasteiger partial charge on any atom is 0.223 e. The number of nitrogens with zero attached hydrogens (tertiary/aromatic N) is 4. The first-order chi connectivity index (χ1) is 14.7. The molecule has 2 heterocycles. The van der Waals surface area contributed by atoms with Gasteiger partial charge in [-0.2, -0.15) is 5.10 Å². The molecule has 0 aliphatic heterocycles. The molecule has 7 heteroatoms. The van der Waals surface area contributed by atoms with Crippen molar-refractivity contribution in [2.45, 2.75) is 13.5 Å². The molecule has 0 aliphatic carbocycles. The fraction of sp³-hybridized carbons (Fsp3) is 0.174. The molecule has 7 nitrogen and oxygen atoms in total. The van der Waals surface area contributed by atoms with Crippen molar-refractivity contribution in [2.75, 3.05) is 24.7 Å². The van der Waals surface area contributed by atoms with Crippen LogP contribution in [0.1, 0.15) is 12.5 Å². The Kier molecular flexibility index (Phi) is 5.61. The summed E-state index contributed by atoms with van der Waals surface area (Å²) in [4.78, 5) is 8.94. The van der Waals surface area contributed by atoms with Crippen LogP contribution in [0, 0.1) is 0 Å². The molecule has 152 valence electrons. The SMILES string of the molecule is CCNc1nccc(-c2cn(Cc3ccc(OC)cc3)nc2-c2cccc(N)c2)n1. The minimum Gasteiger partial charge on any atom is -0.497 e. The van der Waals surface area contributed by atoms with Crippen molar-refractivity contribution in [1.29, 1.82) is 0 Å². The van der Waals surface area contributed by atoms with Crippen LogP contribution < -0.4 is 15.8 Å². The van der Waals surface area contributed by atoms with Crippen LogP contribution in [0.25, 0.3) is 22.5 Å². The number of benzene rings is 2. The van der Waals surface area contributed by atoms with Gasteiger partial charge in [0.2, 0.25) is 5.95 Å². The average molecular weight is 400 g/mol. The van der Waals surface area contributed by atoms with Crippen LogP contribution in [0.3, 0.4) is 0 Å². The van der Waals surface area contributed by atoms with Crippen LogP contribution in [0.5, 0.6) is 5.75 Å². The molecule has 0 spiro atoms. The van der Waals surface area contributed by atoms with Crippen molar-refractivity contribution < 1.29 is 4.74 Å². The third-order valence-electron chi connectivity index (χ3n) is 4.69. The monoisotopic (exact) mass is 400 g/mol. The van der Waals surface area contributed by atoms with E-state index < -0.39 is 0 Å². The van der Waals surface area contributed by atoms with Crippen LogP contribution in [0.15, 0.2) is 67.0 Å². The minimum absolute atomic E-state index is 0.594. The second-order valence-corrected chi connectivity index (χ2v) is 6.86. The van der Waals surface area contributed by atoms with Crippen LogP contribution in [-0.2, 0) is 6.54 Å². The number of ether oxygens (including phenoxy) is 1. The van der Waals surface area contributed by atoms with Gasteiger partial charge in [-0.3, -0.25) is 4.68 Å². The molecule has 2 aromatic carbocycles. The van der Waals surface area contributed by atoms with Gasteiger partial charge >= 0.3 is 0 Å². The highest BCUT2D eigenvalue weighted by atomic mass is 16.5. The van der Waals surface area contributed by atoms with Crippen LogP contribution in [0.4, 0.5) is 11.6 Å². The van der Waals surface area contributed by atoms with Gasteiger partial charge in [0.25, 0.3) is 0 Å². The predicted molar refractivity (Wildman–Crippen MR) is 119 cm³/mol. The fourth-order valence-electron chi connectivity index (χ4n) is 3.26. The number of hydrogen-bond donors (Lipinski definition) is 2. The van der Waals surface area contributed by atoms with Crippen molar-refractivity contribution in [2.24, 2.45) is 0 Å². The van der Waals surface area contributed by atoms with E-state index in [-0.39, 0.29) is 0 Å². The van der Waals surface area contributed by atoms with Gasteiger partial charge in [-0.15, -0.1) is 0 Å². The molecule has 4 rings (SSSR count). The van der Waals surface area contributed by atoms with E-state index in [2.05, 4.69) is 15.3 Å². The zero-order valence-electron chi connectivity index (χ0n) is 17.0. The molecule has 0 fully saturated rings. The Bertz CT molecular complexity index is 1140. The molecule has 0 bridgehead atoms. The molecular formula is C23H24N6O. The normalized spacial score (nSPS) is 10.7. The summed E-state index contributed by atoms with van der Waals surface area (Å²) >= 11 is 0. The summed E-state index contributed by atoms with van der Waals surface area (Å²) in [7, 11) is 1.66. The number of nitrogen functional groups attached to an aromatic ring is 1. The van der Waals surface area contributed by atoms with Crippen molar-refractivity contribution >= 4 is 11.6 Å². The number of methoxy groups -OCH3 is 1. The lowest BCUT2D eigenvalue weighted by molar-refractivity contribution is 0.414. The van der Waals surface area contributed by atoms with Crippen molar-refractivity contribution in [3.05, 3.63) is 72.6 Å². The summed E-state index contributed by atoms with van der Waals surface area (Å²) in [5, 5.41) is 8.02. The number of nitrogens with two attached hydrogens (primary N) is 1. The Morgan fingerprint density at radius 1 is 1.10 bits per heavy atom. The molecule has 0 saturated carbocycles. The van der Waals surface area contributed by atoms with Crippen LogP contribution >= 0.6 is 0 Å². The molecule has 0 aliphatic rings. The van der Waals surface area contributed by atoms with Crippen LogP contribution in [0.2, 0.25) is 0 Å². The van der Waals surface area contributed by atoms with Gasteiger partial charge in [0.1, 0.15) is 11.4 Å². The molecule has 30 heavy (non-hydrogen) atoms. The number of hydrogen-bond acceptors (Lipinski definition) is 6. The van der Waals surface area contributed by atoms with Gasteiger partial charge in [-0.05, 0) is 42.8 Å². The second kappa shape index (κ2) is 8.65. The van der Waals surface area contributed by atoms with Crippen LogP contribution in [-0.4, -0.2) is 33.4 Å². The Balaban J connectivity index is 1.76. The molecule has 0 atom stereocenters. The van der Waals surface area contributed by atoms with E-state index in [4.69, 9.17) is 15.6 Å². The fourth-order valence-corrected chi connectivity index (χ4v) is 3.26. The summed E-state index contributed by atoms with van der Waals surface area (Å²) < 4.78 is 7.17. The third kappa shape index (κ3) is 4.25. The average Bonchev–Trinajstić information content (AvgIpc) is 3.19. The summed E-state index contributed by atoms with van der Waals surface area (Å²) in [6.45, 7) is 3.40. The van der Waals surface area contributed by atoms with E-state index in [1.165, 1.54) is 0 Å². The van der Waals surface area contributed by atoms with Gasteiger partial charge in [0.15, 0.2) is 0 Å². The van der Waals surface area contributed by atoms with E-state index in [9.17, 15) is 0 Å². The van der Waals surface area contributed by atoms with E-state index in [1.54, 1.807) is 13.3 Å². The highest BCUT2D eigenvalue weighted by Crippen LogP contribution is 2.31. The smallest absolute Gasteiger partial charge is 0.223 e. The Morgan fingerprint density at radius 2 is 1.93 bits per heavy atom. The van der Waals surface area contributed by atoms with E-state index in [1.807, 2.05) is 72.4 Å². The van der Waals surface area contributed by atoms with Gasteiger partial charge in [-0.1, -0.05) is 24.3 Å². The third-order valence-corrected chi connectivity index (χ3v) is 4.69. The highest BCUT2D eigenvalue weighted by Gasteiger charge is 2.15. The molecule has 4 aromatic rings. The highest BCUT2D eigenvalue weighted by molar-refractivity contribution is 5.80. The van der Waals surface area contributed by atoms with Gasteiger partial charge in [0.05, 0.1) is 19.3 Å². The lowest BCUT2D eigenvalue weighted by Crippen LogP contribution is -2.02. The summed E-state index contributed by atoms with van der Waals surface area (Å²) in [5.41, 5.74) is 11.4. The molecule has 0 saturated heterocycles. The number of anilines is 2. The summed E-state index contributed by atoms with van der Waals surface area (Å²) in [6.07, 6.45) is 3.77. The largest absolute Gasteiger partial charge is 0.497 e. The Morgan fingerprint density at radius 3 is 2.67 bits per heavy atom. The molecule has 3 N–H and O–H groups in total. The zero-order chi connectivity index (χ0) is 20.9. The Labute approximate surface area is 175 Å². The van der Waals surface area contributed by atoms with E-state index in [0.29, 0.717) is 18.2 Å². The lowest BCUT2D eigenvalue weighted by atomic mass is 10.1. The van der Waals surface area contributed by atoms with Crippen molar-refractivity contribution in [3.8, 4) is 28.3 Å².